The zero-order chi connectivity index (χ0) is 13.7. The van der Waals surface area contributed by atoms with Gasteiger partial charge in [-0.15, -0.1) is 0 Å². The summed E-state index contributed by atoms with van der Waals surface area (Å²) in [5, 5.41) is 3.76. The number of benzene rings is 1. The van der Waals surface area contributed by atoms with E-state index in [4.69, 9.17) is 21.1 Å². The largest absolute Gasteiger partial charge is 0.488 e. The van der Waals surface area contributed by atoms with Crippen molar-refractivity contribution in [1.82, 2.24) is 5.32 Å². The van der Waals surface area contributed by atoms with E-state index in [9.17, 15) is 4.79 Å². The molecule has 20 heavy (non-hydrogen) atoms. The highest BCUT2D eigenvalue weighted by Gasteiger charge is 2.49. The van der Waals surface area contributed by atoms with E-state index < -0.39 is 0 Å². The van der Waals surface area contributed by atoms with Crippen molar-refractivity contribution >= 4 is 17.4 Å². The monoisotopic (exact) mass is 293 g/mol. The Morgan fingerprint density at radius 2 is 2.15 bits per heavy atom. The molecule has 0 aromatic heterocycles. The second-order valence-corrected chi connectivity index (χ2v) is 6.43. The first-order valence-corrected chi connectivity index (χ1v) is 7.41. The van der Waals surface area contributed by atoms with Gasteiger partial charge in [0.15, 0.2) is 17.3 Å². The Balaban J connectivity index is 1.56. The van der Waals surface area contributed by atoms with Gasteiger partial charge in [0.2, 0.25) is 0 Å². The van der Waals surface area contributed by atoms with Crippen LogP contribution >= 0.6 is 11.6 Å². The lowest BCUT2D eigenvalue weighted by molar-refractivity contribution is -0.0506. The average molecular weight is 294 g/mol. The fraction of sp³-hybridized carbons (Fsp3) is 0.533. The molecule has 2 heterocycles. The molecule has 1 saturated heterocycles. The molecule has 1 saturated carbocycles. The lowest BCUT2D eigenvalue weighted by Gasteiger charge is -2.53. The first kappa shape index (κ1) is 12.5. The van der Waals surface area contributed by atoms with E-state index in [1.54, 1.807) is 6.07 Å². The van der Waals surface area contributed by atoms with Gasteiger partial charge in [-0.2, -0.15) is 0 Å². The van der Waals surface area contributed by atoms with Crippen molar-refractivity contribution in [2.24, 2.45) is 5.41 Å². The Morgan fingerprint density at radius 1 is 1.35 bits per heavy atom. The Hall–Kier alpha value is -1.26. The van der Waals surface area contributed by atoms with Crippen molar-refractivity contribution in [2.45, 2.75) is 25.4 Å². The predicted molar refractivity (Wildman–Crippen MR) is 74.8 cm³/mol. The van der Waals surface area contributed by atoms with E-state index >= 15 is 0 Å². The second-order valence-electron chi connectivity index (χ2n) is 6.02. The third kappa shape index (κ3) is 1.82. The van der Waals surface area contributed by atoms with E-state index in [-0.39, 0.29) is 11.9 Å². The average Bonchev–Trinajstić information content (AvgIpc) is 2.33. The van der Waals surface area contributed by atoms with Crippen LogP contribution < -0.4 is 14.8 Å². The molecule has 1 N–H and O–H groups in total. The van der Waals surface area contributed by atoms with Gasteiger partial charge in [-0.25, -0.2) is 0 Å². The molecule has 2 fully saturated rings. The summed E-state index contributed by atoms with van der Waals surface area (Å²) in [7, 11) is 0. The van der Waals surface area contributed by atoms with Gasteiger partial charge in [-0.1, -0.05) is 11.6 Å². The fourth-order valence-electron chi connectivity index (χ4n) is 3.34. The zero-order valence-electron chi connectivity index (χ0n) is 11.1. The maximum atomic E-state index is 12.0. The van der Waals surface area contributed by atoms with E-state index in [0.717, 1.165) is 25.9 Å². The van der Waals surface area contributed by atoms with E-state index in [2.05, 4.69) is 5.32 Å². The first-order chi connectivity index (χ1) is 9.67. The fourth-order valence-corrected chi connectivity index (χ4v) is 3.60. The number of nitrogens with one attached hydrogen (secondary N) is 1. The standard InChI is InChI=1S/C15H16ClNO3/c16-10-1-2-12(14-13(10)11(18)3-4-19-14)20-9-5-15(6-9)7-17-8-15/h1-2,9,17H,3-8H2. The van der Waals surface area contributed by atoms with Crippen LogP contribution in [-0.2, 0) is 0 Å². The van der Waals surface area contributed by atoms with Crippen LogP contribution in [0.4, 0.5) is 0 Å². The number of rotatable bonds is 2. The molecule has 106 valence electrons. The molecule has 1 spiro atoms. The number of hydrogen-bond donors (Lipinski definition) is 1. The topological polar surface area (TPSA) is 47.6 Å². The number of carbonyl (C=O) groups is 1. The summed E-state index contributed by atoms with van der Waals surface area (Å²) >= 11 is 6.11. The van der Waals surface area contributed by atoms with Crippen LogP contribution in [0.1, 0.15) is 29.6 Å². The lowest BCUT2D eigenvalue weighted by atomic mass is 9.63. The molecular weight excluding hydrogens is 278 g/mol. The van der Waals surface area contributed by atoms with Crippen molar-refractivity contribution in [3.05, 3.63) is 22.7 Å². The van der Waals surface area contributed by atoms with Crippen molar-refractivity contribution in [3.8, 4) is 11.5 Å². The normalized spacial score (nSPS) is 23.6. The van der Waals surface area contributed by atoms with Crippen LogP contribution in [0.5, 0.6) is 11.5 Å². The number of hydrogen-bond acceptors (Lipinski definition) is 4. The smallest absolute Gasteiger partial charge is 0.173 e. The minimum atomic E-state index is 0.0370. The van der Waals surface area contributed by atoms with Gasteiger partial charge in [0.1, 0.15) is 6.10 Å². The quantitative estimate of drug-likeness (QED) is 0.910. The molecule has 0 atom stereocenters. The van der Waals surface area contributed by atoms with Crippen LogP contribution in [0.15, 0.2) is 12.1 Å². The van der Waals surface area contributed by atoms with E-state index in [1.165, 1.54) is 0 Å². The molecule has 4 nitrogen and oxygen atoms in total. The molecule has 0 amide bonds. The molecule has 0 unspecified atom stereocenters. The lowest BCUT2D eigenvalue weighted by Crippen LogP contribution is -2.62. The van der Waals surface area contributed by atoms with Crippen molar-refractivity contribution in [2.75, 3.05) is 19.7 Å². The summed E-state index contributed by atoms with van der Waals surface area (Å²) in [5.41, 5.74) is 0.947. The van der Waals surface area contributed by atoms with E-state index in [1.807, 2.05) is 6.07 Å². The van der Waals surface area contributed by atoms with Gasteiger partial charge in [0.25, 0.3) is 0 Å². The van der Waals surface area contributed by atoms with Gasteiger partial charge >= 0.3 is 0 Å². The molecule has 3 aliphatic rings. The summed E-state index contributed by atoms with van der Waals surface area (Å²) < 4.78 is 11.6. The van der Waals surface area contributed by atoms with Gasteiger partial charge in [-0.05, 0) is 25.0 Å². The van der Waals surface area contributed by atoms with Crippen LogP contribution in [0.2, 0.25) is 5.02 Å². The Bertz CT molecular complexity index is 575. The van der Waals surface area contributed by atoms with Gasteiger partial charge in [-0.3, -0.25) is 4.79 Å². The maximum absolute atomic E-state index is 12.0. The van der Waals surface area contributed by atoms with E-state index in [0.29, 0.717) is 40.5 Å². The van der Waals surface area contributed by atoms with Gasteiger partial charge in [0, 0.05) is 24.9 Å². The summed E-state index contributed by atoms with van der Waals surface area (Å²) in [6.45, 7) is 2.60. The minimum Gasteiger partial charge on any atom is -0.488 e. The molecule has 5 heteroatoms. The molecule has 4 rings (SSSR count). The highest BCUT2D eigenvalue weighted by atomic mass is 35.5. The number of ether oxygens (including phenoxy) is 2. The molecule has 1 aromatic carbocycles. The number of Topliss-reactive ketones (excluding diaryl/α,β-unsaturated/α-hetero) is 1. The Kier molecular flexibility index (Phi) is 2.72. The van der Waals surface area contributed by atoms with Crippen LogP contribution in [-0.4, -0.2) is 31.6 Å². The molecule has 1 aliphatic carbocycles. The van der Waals surface area contributed by atoms with Crippen molar-refractivity contribution < 1.29 is 14.3 Å². The van der Waals surface area contributed by atoms with Gasteiger partial charge in [0.05, 0.1) is 17.2 Å². The van der Waals surface area contributed by atoms with Crippen molar-refractivity contribution in [1.29, 1.82) is 0 Å². The second kappa shape index (κ2) is 4.37. The highest BCUT2D eigenvalue weighted by Crippen LogP contribution is 2.48. The molecule has 0 bridgehead atoms. The summed E-state index contributed by atoms with van der Waals surface area (Å²) in [4.78, 5) is 12.0. The van der Waals surface area contributed by atoms with Crippen molar-refractivity contribution in [3.63, 3.8) is 0 Å². The Labute approximate surface area is 122 Å². The highest BCUT2D eigenvalue weighted by molar-refractivity contribution is 6.34. The van der Waals surface area contributed by atoms with Crippen LogP contribution in [0.25, 0.3) is 0 Å². The summed E-state index contributed by atoms with van der Waals surface area (Å²) in [6, 6.07) is 3.53. The summed E-state index contributed by atoms with van der Waals surface area (Å²) in [6.07, 6.45) is 2.76. The molecule has 0 radical (unpaired) electrons. The molecule has 2 aliphatic heterocycles. The minimum absolute atomic E-state index is 0.0370. The first-order valence-electron chi connectivity index (χ1n) is 7.03. The maximum Gasteiger partial charge on any atom is 0.173 e. The number of halogens is 1. The predicted octanol–water partition coefficient (Wildman–Crippen LogP) is 2.44. The Morgan fingerprint density at radius 3 is 2.85 bits per heavy atom. The molecule has 1 aromatic rings. The number of ketones is 1. The third-order valence-corrected chi connectivity index (χ3v) is 4.86. The summed E-state index contributed by atoms with van der Waals surface area (Å²) in [5.74, 6) is 1.22. The zero-order valence-corrected chi connectivity index (χ0v) is 11.8. The number of fused-ring (bicyclic) bond motifs is 1. The van der Waals surface area contributed by atoms with Crippen LogP contribution in [0, 0.1) is 5.41 Å². The SMILES string of the molecule is O=C1CCOc2c(OC3CC4(CNC4)C3)ccc(Cl)c21. The third-order valence-electron chi connectivity index (χ3n) is 4.54. The number of carbonyl (C=O) groups excluding carboxylic acids is 1. The van der Waals surface area contributed by atoms with Gasteiger partial charge < -0.3 is 14.8 Å². The molecular formula is C15H16ClNO3. The van der Waals surface area contributed by atoms with Crippen LogP contribution in [0.3, 0.4) is 0 Å².